The first kappa shape index (κ1) is 28.8. The standard InChI is InChI=1S/C38H42N8/c1-25-7-5-21-44(25)31-17-22-45(26(2)23-31)30-9-3-8-27(24-30)33-15-16-34-37(42-33)46(36(43-34)32-10-4-20-41-35(32)39)29-13-11-28(12-14-29)38(40)18-6-19-38/h3-4,8-16,20,24,26,31H,1,5-7,17-19,21-23,40H2,2H3,(H2,39,41). The van der Waals surface area contributed by atoms with Crippen molar-refractivity contribution in [3.05, 3.63) is 96.8 Å². The van der Waals surface area contributed by atoms with Gasteiger partial charge in [-0.1, -0.05) is 30.8 Å². The first-order valence-electron chi connectivity index (χ1n) is 16.7. The van der Waals surface area contributed by atoms with Gasteiger partial charge in [-0.3, -0.25) is 4.57 Å². The van der Waals surface area contributed by atoms with Crippen LogP contribution in [0.25, 0.3) is 39.5 Å². The molecule has 0 radical (unpaired) electrons. The number of nitrogens with two attached hydrogens (primary N) is 2. The van der Waals surface area contributed by atoms with Crippen molar-refractivity contribution in [3.63, 3.8) is 0 Å². The summed E-state index contributed by atoms with van der Waals surface area (Å²) in [4.78, 5) is 19.8. The molecule has 8 nitrogen and oxygen atoms in total. The number of nitrogens with zero attached hydrogens (tertiary/aromatic N) is 6. The zero-order valence-corrected chi connectivity index (χ0v) is 26.6. The Labute approximate surface area is 270 Å². The fraction of sp³-hybridized carbons (Fsp3) is 0.342. The zero-order valence-electron chi connectivity index (χ0n) is 26.6. The number of pyridine rings is 2. The average molecular weight is 611 g/mol. The summed E-state index contributed by atoms with van der Waals surface area (Å²) in [7, 11) is 0. The summed E-state index contributed by atoms with van der Waals surface area (Å²) < 4.78 is 2.10. The summed E-state index contributed by atoms with van der Waals surface area (Å²) >= 11 is 0. The molecule has 3 aromatic heterocycles. The molecule has 2 unspecified atom stereocenters. The Kier molecular flexibility index (Phi) is 7.05. The van der Waals surface area contributed by atoms with Gasteiger partial charge >= 0.3 is 0 Å². The van der Waals surface area contributed by atoms with Crippen molar-refractivity contribution in [1.29, 1.82) is 0 Å². The molecule has 1 saturated carbocycles. The molecule has 2 aromatic carbocycles. The van der Waals surface area contributed by atoms with Crippen molar-refractivity contribution in [3.8, 4) is 28.3 Å². The third-order valence-corrected chi connectivity index (χ3v) is 10.6. The van der Waals surface area contributed by atoms with Gasteiger partial charge in [-0.25, -0.2) is 15.0 Å². The molecule has 8 heteroatoms. The number of imidazole rings is 1. The van der Waals surface area contributed by atoms with Crippen LogP contribution in [0.3, 0.4) is 0 Å². The summed E-state index contributed by atoms with van der Waals surface area (Å²) in [6.45, 7) is 8.88. The van der Waals surface area contributed by atoms with Gasteiger partial charge in [0.1, 0.15) is 11.3 Å². The zero-order chi connectivity index (χ0) is 31.4. The normalized spacial score (nSPS) is 21.1. The highest BCUT2D eigenvalue weighted by molar-refractivity contribution is 5.85. The van der Waals surface area contributed by atoms with Gasteiger partial charge in [0.25, 0.3) is 0 Å². The van der Waals surface area contributed by atoms with Gasteiger partial charge in [0.15, 0.2) is 11.5 Å². The quantitative estimate of drug-likeness (QED) is 0.213. The lowest BCUT2D eigenvalue weighted by Gasteiger charge is -2.43. The van der Waals surface area contributed by atoms with E-state index in [1.54, 1.807) is 6.20 Å². The number of rotatable bonds is 6. The first-order chi connectivity index (χ1) is 22.4. The average Bonchev–Trinajstić information content (AvgIpc) is 3.67. The van der Waals surface area contributed by atoms with Gasteiger partial charge in [0.2, 0.25) is 0 Å². The van der Waals surface area contributed by atoms with Crippen LogP contribution in [-0.2, 0) is 5.54 Å². The molecule has 2 saturated heterocycles. The molecular weight excluding hydrogens is 568 g/mol. The molecule has 46 heavy (non-hydrogen) atoms. The fourth-order valence-corrected chi connectivity index (χ4v) is 7.79. The second-order valence-electron chi connectivity index (χ2n) is 13.4. The molecular formula is C38H42N8. The molecule has 2 atom stereocenters. The fourth-order valence-electron chi connectivity index (χ4n) is 7.79. The lowest BCUT2D eigenvalue weighted by molar-refractivity contribution is 0.224. The SMILES string of the molecule is C=C1CCCN1C1CCN(c2cccc(-c3ccc4nc(-c5cccnc5N)n(-c5ccc(C6(N)CCC6)cc5)c4n3)c2)C(C)C1. The predicted molar refractivity (Wildman–Crippen MR) is 187 cm³/mol. The van der Waals surface area contributed by atoms with Crippen molar-refractivity contribution < 1.29 is 0 Å². The minimum Gasteiger partial charge on any atom is -0.383 e. The van der Waals surface area contributed by atoms with Crippen LogP contribution in [0.2, 0.25) is 0 Å². The van der Waals surface area contributed by atoms with Crippen molar-refractivity contribution in [1.82, 2.24) is 24.4 Å². The van der Waals surface area contributed by atoms with E-state index in [-0.39, 0.29) is 5.54 Å². The maximum Gasteiger partial charge on any atom is 0.165 e. The van der Waals surface area contributed by atoms with Crippen LogP contribution in [0.1, 0.15) is 57.4 Å². The van der Waals surface area contributed by atoms with Crippen LogP contribution < -0.4 is 16.4 Å². The number of aromatic nitrogens is 4. The minimum absolute atomic E-state index is 0.224. The molecule has 2 aliphatic heterocycles. The highest BCUT2D eigenvalue weighted by Gasteiger charge is 2.34. The summed E-state index contributed by atoms with van der Waals surface area (Å²) in [6, 6.07) is 26.4. The number of likely N-dealkylation sites (tertiary alicyclic amines) is 1. The lowest BCUT2D eigenvalue weighted by atomic mass is 9.73. The maximum absolute atomic E-state index is 6.66. The monoisotopic (exact) mass is 610 g/mol. The van der Waals surface area contributed by atoms with E-state index in [4.69, 9.17) is 21.4 Å². The van der Waals surface area contributed by atoms with E-state index in [0.29, 0.717) is 17.9 Å². The maximum atomic E-state index is 6.66. The summed E-state index contributed by atoms with van der Waals surface area (Å²) in [5.74, 6) is 1.15. The van der Waals surface area contributed by atoms with E-state index < -0.39 is 0 Å². The second-order valence-corrected chi connectivity index (χ2v) is 13.4. The van der Waals surface area contributed by atoms with Crippen LogP contribution >= 0.6 is 0 Å². The van der Waals surface area contributed by atoms with Gasteiger partial charge in [-0.2, -0.15) is 0 Å². The molecule has 3 aliphatic rings. The van der Waals surface area contributed by atoms with Gasteiger partial charge in [-0.05, 0) is 106 Å². The lowest BCUT2D eigenvalue weighted by Crippen LogP contribution is -2.48. The highest BCUT2D eigenvalue weighted by atomic mass is 15.2. The predicted octanol–water partition coefficient (Wildman–Crippen LogP) is 7.04. The number of anilines is 2. The Balaban J connectivity index is 1.16. The molecule has 4 N–H and O–H groups in total. The van der Waals surface area contributed by atoms with E-state index in [9.17, 15) is 0 Å². The number of hydrogen-bond acceptors (Lipinski definition) is 7. The number of hydrogen-bond donors (Lipinski definition) is 2. The molecule has 234 valence electrons. The van der Waals surface area contributed by atoms with E-state index in [0.717, 1.165) is 84.7 Å². The summed E-state index contributed by atoms with van der Waals surface area (Å²) in [5.41, 5.74) is 21.9. The summed E-state index contributed by atoms with van der Waals surface area (Å²) in [6.07, 6.45) is 9.61. The Morgan fingerprint density at radius 3 is 2.46 bits per heavy atom. The highest BCUT2D eigenvalue weighted by Crippen LogP contribution is 2.40. The summed E-state index contributed by atoms with van der Waals surface area (Å²) in [5, 5.41) is 0. The van der Waals surface area contributed by atoms with E-state index in [1.165, 1.54) is 29.8 Å². The van der Waals surface area contributed by atoms with Gasteiger partial charge in [0.05, 0.1) is 11.3 Å². The van der Waals surface area contributed by atoms with Gasteiger partial charge in [-0.15, -0.1) is 0 Å². The number of allylic oxidation sites excluding steroid dienone is 1. The van der Waals surface area contributed by atoms with Crippen LogP contribution in [0.4, 0.5) is 11.5 Å². The minimum atomic E-state index is -0.224. The molecule has 5 heterocycles. The molecule has 0 amide bonds. The van der Waals surface area contributed by atoms with Crippen LogP contribution in [0, 0.1) is 0 Å². The Morgan fingerprint density at radius 2 is 1.74 bits per heavy atom. The van der Waals surface area contributed by atoms with Crippen molar-refractivity contribution in [2.45, 2.75) is 69.5 Å². The second kappa shape index (κ2) is 11.3. The molecule has 0 spiro atoms. The Bertz CT molecular complexity index is 1920. The van der Waals surface area contributed by atoms with Crippen molar-refractivity contribution in [2.24, 2.45) is 5.73 Å². The Hall–Kier alpha value is -4.69. The van der Waals surface area contributed by atoms with Crippen molar-refractivity contribution >= 4 is 22.7 Å². The third kappa shape index (κ3) is 4.92. The molecule has 1 aliphatic carbocycles. The van der Waals surface area contributed by atoms with Crippen LogP contribution in [-0.4, -0.2) is 49.6 Å². The van der Waals surface area contributed by atoms with E-state index in [1.807, 2.05) is 12.1 Å². The number of fused-ring (bicyclic) bond motifs is 1. The number of benzene rings is 2. The third-order valence-electron chi connectivity index (χ3n) is 10.6. The smallest absolute Gasteiger partial charge is 0.165 e. The Morgan fingerprint density at radius 1 is 0.891 bits per heavy atom. The molecule has 8 rings (SSSR count). The molecule has 0 bridgehead atoms. The molecule has 5 aromatic rings. The number of nitrogen functional groups attached to an aromatic ring is 1. The van der Waals surface area contributed by atoms with Crippen LogP contribution in [0.5, 0.6) is 0 Å². The van der Waals surface area contributed by atoms with Gasteiger partial charge in [0, 0.05) is 59.5 Å². The topological polar surface area (TPSA) is 102 Å². The number of piperidine rings is 1. The van der Waals surface area contributed by atoms with Gasteiger partial charge < -0.3 is 21.3 Å². The molecule has 3 fully saturated rings. The first-order valence-corrected chi connectivity index (χ1v) is 16.7. The van der Waals surface area contributed by atoms with Crippen molar-refractivity contribution in [2.75, 3.05) is 23.7 Å². The van der Waals surface area contributed by atoms with Crippen LogP contribution in [0.15, 0.2) is 91.3 Å². The van der Waals surface area contributed by atoms with E-state index >= 15 is 0 Å². The van der Waals surface area contributed by atoms with E-state index in [2.05, 4.69) is 93.5 Å². The largest absolute Gasteiger partial charge is 0.383 e.